The van der Waals surface area contributed by atoms with Gasteiger partial charge in [-0.3, -0.25) is 20.9 Å². The molecule has 0 aliphatic heterocycles. The van der Waals surface area contributed by atoms with Crippen molar-refractivity contribution in [3.8, 4) is 17.2 Å². The Kier molecular flexibility index (Phi) is 3.36. The Labute approximate surface area is 108 Å². The lowest BCUT2D eigenvalue weighted by Crippen LogP contribution is -2.09. The maximum Gasteiger partial charge on any atom is 0.269 e. The van der Waals surface area contributed by atoms with Gasteiger partial charge in [-0.1, -0.05) is 0 Å². The zero-order valence-corrected chi connectivity index (χ0v) is 9.70. The summed E-state index contributed by atoms with van der Waals surface area (Å²) in [5.41, 5.74) is 4.34. The number of anilines is 1. The molecule has 1 aromatic heterocycles. The van der Waals surface area contributed by atoms with Crippen LogP contribution in [0.5, 0.6) is 0 Å². The minimum atomic E-state index is -0.481. The molecule has 0 spiro atoms. The standard InChI is InChI=1S/C12H9N5O2/c13-5-10-11(6-15-7-12(10)16-14)8-1-3-9(4-2-8)17(18)19/h1-4,6-7,16H,14H2. The zero-order chi connectivity index (χ0) is 13.8. The Bertz CT molecular complexity index is 661. The lowest BCUT2D eigenvalue weighted by molar-refractivity contribution is -0.384. The van der Waals surface area contributed by atoms with Crippen molar-refractivity contribution in [2.45, 2.75) is 0 Å². The number of nitrogen functional groups attached to an aromatic ring is 1. The number of non-ortho nitro benzene ring substituents is 1. The molecule has 0 atom stereocenters. The molecule has 0 amide bonds. The zero-order valence-electron chi connectivity index (χ0n) is 9.70. The van der Waals surface area contributed by atoms with E-state index in [9.17, 15) is 10.1 Å². The molecule has 2 aromatic rings. The number of hydrazine groups is 1. The second-order valence-electron chi connectivity index (χ2n) is 3.67. The highest BCUT2D eigenvalue weighted by molar-refractivity contribution is 5.76. The van der Waals surface area contributed by atoms with Crippen molar-refractivity contribution in [1.82, 2.24) is 4.98 Å². The molecule has 0 unspecified atom stereocenters. The van der Waals surface area contributed by atoms with Crippen LogP contribution < -0.4 is 11.3 Å². The predicted octanol–water partition coefficient (Wildman–Crippen LogP) is 1.81. The molecule has 1 aromatic carbocycles. The van der Waals surface area contributed by atoms with E-state index in [1.54, 1.807) is 12.1 Å². The lowest BCUT2D eigenvalue weighted by Gasteiger charge is -2.07. The Morgan fingerprint density at radius 2 is 2.00 bits per heavy atom. The van der Waals surface area contributed by atoms with E-state index in [2.05, 4.69) is 10.4 Å². The number of aromatic nitrogens is 1. The molecule has 0 fully saturated rings. The van der Waals surface area contributed by atoms with Crippen LogP contribution in [0.2, 0.25) is 0 Å². The minimum absolute atomic E-state index is 0.0108. The fraction of sp³-hybridized carbons (Fsp3) is 0. The molecule has 0 saturated heterocycles. The van der Waals surface area contributed by atoms with Gasteiger partial charge in [0, 0.05) is 23.9 Å². The van der Waals surface area contributed by atoms with E-state index >= 15 is 0 Å². The van der Waals surface area contributed by atoms with E-state index in [4.69, 9.17) is 11.1 Å². The number of pyridine rings is 1. The third kappa shape index (κ3) is 2.34. The molecule has 3 N–H and O–H groups in total. The van der Waals surface area contributed by atoms with E-state index in [-0.39, 0.29) is 5.69 Å². The second kappa shape index (κ2) is 5.12. The van der Waals surface area contributed by atoms with E-state index in [0.29, 0.717) is 22.4 Å². The minimum Gasteiger partial charge on any atom is -0.322 e. The first kappa shape index (κ1) is 12.5. The summed E-state index contributed by atoms with van der Waals surface area (Å²) in [4.78, 5) is 14.1. The molecule has 0 aliphatic rings. The number of nitro benzene ring substituents is 1. The van der Waals surface area contributed by atoms with Crippen molar-refractivity contribution in [2.24, 2.45) is 5.84 Å². The smallest absolute Gasteiger partial charge is 0.269 e. The van der Waals surface area contributed by atoms with Gasteiger partial charge in [0.2, 0.25) is 0 Å². The summed E-state index contributed by atoms with van der Waals surface area (Å²) >= 11 is 0. The van der Waals surface area contributed by atoms with Crippen LogP contribution >= 0.6 is 0 Å². The lowest BCUT2D eigenvalue weighted by atomic mass is 10.0. The topological polar surface area (TPSA) is 118 Å². The van der Waals surface area contributed by atoms with Crippen molar-refractivity contribution >= 4 is 11.4 Å². The number of nitriles is 1. The van der Waals surface area contributed by atoms with Gasteiger partial charge >= 0.3 is 0 Å². The summed E-state index contributed by atoms with van der Waals surface area (Å²) in [7, 11) is 0. The predicted molar refractivity (Wildman–Crippen MR) is 68.9 cm³/mol. The Balaban J connectivity index is 2.53. The molecule has 7 nitrogen and oxygen atoms in total. The average molecular weight is 255 g/mol. The third-order valence-electron chi connectivity index (χ3n) is 2.60. The van der Waals surface area contributed by atoms with Gasteiger partial charge in [-0.05, 0) is 17.7 Å². The van der Waals surface area contributed by atoms with Crippen LogP contribution in [0.1, 0.15) is 5.56 Å². The second-order valence-corrected chi connectivity index (χ2v) is 3.67. The number of hydrogen-bond donors (Lipinski definition) is 2. The van der Waals surface area contributed by atoms with Gasteiger partial charge in [-0.25, -0.2) is 0 Å². The molecular weight excluding hydrogens is 246 g/mol. The molecule has 7 heteroatoms. The van der Waals surface area contributed by atoms with Crippen LogP contribution in [0.15, 0.2) is 36.7 Å². The van der Waals surface area contributed by atoms with Gasteiger partial charge in [0.05, 0.1) is 22.4 Å². The molecule has 1 heterocycles. The number of hydrogen-bond acceptors (Lipinski definition) is 6. The molecular formula is C12H9N5O2. The third-order valence-corrected chi connectivity index (χ3v) is 2.60. The fourth-order valence-corrected chi connectivity index (χ4v) is 1.67. The highest BCUT2D eigenvalue weighted by Crippen LogP contribution is 2.28. The molecule has 94 valence electrons. The van der Waals surface area contributed by atoms with Crippen LogP contribution in [-0.2, 0) is 0 Å². The summed E-state index contributed by atoms with van der Waals surface area (Å²) in [6.45, 7) is 0. The fourth-order valence-electron chi connectivity index (χ4n) is 1.67. The Morgan fingerprint density at radius 1 is 1.32 bits per heavy atom. The van der Waals surface area contributed by atoms with Gasteiger partial charge in [0.25, 0.3) is 5.69 Å². The van der Waals surface area contributed by atoms with Crippen LogP contribution in [0.4, 0.5) is 11.4 Å². The van der Waals surface area contributed by atoms with Gasteiger partial charge in [-0.15, -0.1) is 0 Å². The van der Waals surface area contributed by atoms with Gasteiger partial charge in [0.15, 0.2) is 0 Å². The summed E-state index contributed by atoms with van der Waals surface area (Å²) < 4.78 is 0. The molecule has 0 bridgehead atoms. The van der Waals surface area contributed by atoms with Crippen molar-refractivity contribution < 1.29 is 4.92 Å². The number of nitrogens with two attached hydrogens (primary N) is 1. The number of nitro groups is 1. The van der Waals surface area contributed by atoms with E-state index in [1.807, 2.05) is 6.07 Å². The van der Waals surface area contributed by atoms with Gasteiger partial charge in [0.1, 0.15) is 6.07 Å². The van der Waals surface area contributed by atoms with Crippen molar-refractivity contribution in [2.75, 3.05) is 5.43 Å². The van der Waals surface area contributed by atoms with Crippen LogP contribution in [-0.4, -0.2) is 9.91 Å². The monoisotopic (exact) mass is 255 g/mol. The van der Waals surface area contributed by atoms with Gasteiger partial charge < -0.3 is 5.43 Å². The van der Waals surface area contributed by atoms with E-state index < -0.39 is 4.92 Å². The number of nitrogens with zero attached hydrogens (tertiary/aromatic N) is 3. The normalized spacial score (nSPS) is 9.68. The molecule has 19 heavy (non-hydrogen) atoms. The van der Waals surface area contributed by atoms with Crippen molar-refractivity contribution in [3.05, 3.63) is 52.3 Å². The van der Waals surface area contributed by atoms with E-state index in [1.165, 1.54) is 24.5 Å². The first-order valence-corrected chi connectivity index (χ1v) is 5.27. The highest BCUT2D eigenvalue weighted by Gasteiger charge is 2.11. The average Bonchev–Trinajstić information content (AvgIpc) is 2.46. The summed E-state index contributed by atoms with van der Waals surface area (Å²) in [5, 5.41) is 19.7. The maximum absolute atomic E-state index is 10.6. The SMILES string of the molecule is N#Cc1c(NN)cncc1-c1ccc([N+](=O)[O-])cc1. The van der Waals surface area contributed by atoms with Gasteiger partial charge in [-0.2, -0.15) is 5.26 Å². The number of benzene rings is 1. The van der Waals surface area contributed by atoms with Crippen molar-refractivity contribution in [3.63, 3.8) is 0 Å². The Hall–Kier alpha value is -2.98. The molecule has 0 saturated carbocycles. The van der Waals surface area contributed by atoms with Crippen molar-refractivity contribution in [1.29, 1.82) is 5.26 Å². The first-order valence-electron chi connectivity index (χ1n) is 5.27. The Morgan fingerprint density at radius 3 is 2.53 bits per heavy atom. The number of rotatable bonds is 3. The summed E-state index contributed by atoms with van der Waals surface area (Å²) in [5.74, 6) is 5.31. The van der Waals surface area contributed by atoms with Crippen LogP contribution in [0.25, 0.3) is 11.1 Å². The molecule has 0 aliphatic carbocycles. The van der Waals surface area contributed by atoms with E-state index in [0.717, 1.165) is 0 Å². The largest absolute Gasteiger partial charge is 0.322 e. The summed E-state index contributed by atoms with van der Waals surface area (Å²) in [6, 6.07) is 7.91. The maximum atomic E-state index is 10.6. The molecule has 0 radical (unpaired) electrons. The molecule has 2 rings (SSSR count). The highest BCUT2D eigenvalue weighted by atomic mass is 16.6. The number of nitrogens with one attached hydrogen (secondary N) is 1. The quantitative estimate of drug-likeness (QED) is 0.490. The van der Waals surface area contributed by atoms with Crippen LogP contribution in [0, 0.1) is 21.4 Å². The summed E-state index contributed by atoms with van der Waals surface area (Å²) in [6.07, 6.45) is 2.95. The van der Waals surface area contributed by atoms with Crippen LogP contribution in [0.3, 0.4) is 0 Å². The first-order chi connectivity index (χ1) is 9.17.